The molecule has 2 aromatic rings. The summed E-state index contributed by atoms with van der Waals surface area (Å²) in [6.07, 6.45) is 4.05. The topological polar surface area (TPSA) is 99.7 Å². The molecule has 8 heteroatoms. The van der Waals surface area contributed by atoms with E-state index in [2.05, 4.69) is 21.9 Å². The van der Waals surface area contributed by atoms with E-state index in [0.29, 0.717) is 30.0 Å². The standard InChI is InChI=1S/C20H24N4O3S.CH4/c1-20(6-9-28-19(21)24-20)15-5-3-4-14(10-15)11-17(25)16-12-23-18(13-22-16)27-8-7-26-2;/h3-5,10,12-13H,6-9,11H2,1-2H3,(H2,21,24);1H4/t20-;/m0./s1. The van der Waals surface area contributed by atoms with Gasteiger partial charge in [0.05, 0.1) is 24.5 Å². The number of nitrogens with zero attached hydrogens (tertiary/aromatic N) is 3. The average Bonchev–Trinajstić information content (AvgIpc) is 2.69. The van der Waals surface area contributed by atoms with Crippen LogP contribution in [0.4, 0.5) is 0 Å². The minimum Gasteiger partial charge on any atom is -0.474 e. The molecule has 2 heterocycles. The summed E-state index contributed by atoms with van der Waals surface area (Å²) in [6.45, 7) is 2.93. The summed E-state index contributed by atoms with van der Waals surface area (Å²) < 4.78 is 10.3. The number of aliphatic imine (C=N–C) groups is 1. The van der Waals surface area contributed by atoms with Crippen LogP contribution in [0.25, 0.3) is 0 Å². The fraction of sp³-hybridized carbons (Fsp3) is 0.429. The van der Waals surface area contributed by atoms with Crippen molar-refractivity contribution in [3.8, 4) is 5.88 Å². The summed E-state index contributed by atoms with van der Waals surface area (Å²) in [4.78, 5) is 25.5. The van der Waals surface area contributed by atoms with Crippen LogP contribution in [0.5, 0.6) is 5.88 Å². The lowest BCUT2D eigenvalue weighted by molar-refractivity contribution is 0.0987. The minimum atomic E-state index is -0.352. The molecule has 156 valence electrons. The second-order valence-electron chi connectivity index (χ2n) is 6.70. The second-order valence-corrected chi connectivity index (χ2v) is 7.82. The first-order valence-corrected chi connectivity index (χ1v) is 10.0. The lowest BCUT2D eigenvalue weighted by Gasteiger charge is -2.30. The van der Waals surface area contributed by atoms with Gasteiger partial charge in [0.15, 0.2) is 11.0 Å². The van der Waals surface area contributed by atoms with Gasteiger partial charge in [0.2, 0.25) is 5.88 Å². The number of ether oxygens (including phenoxy) is 2. The highest BCUT2D eigenvalue weighted by Crippen LogP contribution is 2.35. The molecule has 1 aliphatic heterocycles. The zero-order valence-corrected chi connectivity index (χ0v) is 16.9. The Morgan fingerprint density at radius 2 is 2.10 bits per heavy atom. The Kier molecular flexibility index (Phi) is 8.16. The third-order valence-electron chi connectivity index (χ3n) is 4.56. The molecule has 0 bridgehead atoms. The van der Waals surface area contributed by atoms with Gasteiger partial charge in [-0.2, -0.15) is 0 Å². The van der Waals surface area contributed by atoms with Gasteiger partial charge in [-0.25, -0.2) is 9.97 Å². The SMILES string of the molecule is C.COCCOc1cnc(C(=O)Cc2cccc([C@]3(C)CCSC(N)=N3)c2)cn1. The number of hydrogen-bond donors (Lipinski definition) is 1. The molecular formula is C21H28N4O3S. The van der Waals surface area contributed by atoms with Crippen molar-refractivity contribution in [1.29, 1.82) is 0 Å². The van der Waals surface area contributed by atoms with Crippen molar-refractivity contribution in [2.24, 2.45) is 10.7 Å². The number of carbonyl (C=O) groups excluding carboxylic acids is 1. The zero-order chi connectivity index (χ0) is 20.0. The number of amidine groups is 1. The fourth-order valence-electron chi connectivity index (χ4n) is 2.95. The fourth-order valence-corrected chi connectivity index (χ4v) is 3.93. The zero-order valence-electron chi connectivity index (χ0n) is 16.1. The molecule has 29 heavy (non-hydrogen) atoms. The number of nitrogens with two attached hydrogens (primary N) is 1. The van der Waals surface area contributed by atoms with Crippen molar-refractivity contribution in [3.63, 3.8) is 0 Å². The lowest BCUT2D eigenvalue weighted by atomic mass is 9.88. The molecule has 1 aromatic heterocycles. The van der Waals surface area contributed by atoms with Gasteiger partial charge in [0.25, 0.3) is 0 Å². The summed E-state index contributed by atoms with van der Waals surface area (Å²) >= 11 is 1.58. The molecule has 2 N–H and O–H groups in total. The Morgan fingerprint density at radius 1 is 1.28 bits per heavy atom. The Labute approximate surface area is 176 Å². The van der Waals surface area contributed by atoms with Crippen molar-refractivity contribution in [2.45, 2.75) is 32.7 Å². The van der Waals surface area contributed by atoms with Crippen LogP contribution in [0, 0.1) is 0 Å². The Balaban J connectivity index is 0.00000300. The van der Waals surface area contributed by atoms with E-state index >= 15 is 0 Å². The molecule has 0 fully saturated rings. The van der Waals surface area contributed by atoms with Crippen LogP contribution in [0.3, 0.4) is 0 Å². The van der Waals surface area contributed by atoms with Gasteiger partial charge in [-0.15, -0.1) is 0 Å². The number of thioether (sulfide) groups is 1. The molecule has 3 rings (SSSR count). The molecule has 1 aliphatic rings. The van der Waals surface area contributed by atoms with Crippen LogP contribution < -0.4 is 10.5 Å². The maximum Gasteiger partial charge on any atom is 0.232 e. The van der Waals surface area contributed by atoms with E-state index in [1.165, 1.54) is 12.4 Å². The number of aromatic nitrogens is 2. The number of benzene rings is 1. The number of rotatable bonds is 8. The molecular weight excluding hydrogens is 388 g/mol. The molecule has 0 radical (unpaired) electrons. The number of Topliss-reactive ketones (excluding diaryl/α,β-unsaturated/α-hetero) is 1. The monoisotopic (exact) mass is 416 g/mol. The smallest absolute Gasteiger partial charge is 0.232 e. The van der Waals surface area contributed by atoms with Crippen LogP contribution in [0.15, 0.2) is 41.7 Å². The Bertz CT molecular complexity index is 857. The molecule has 1 aromatic carbocycles. The van der Waals surface area contributed by atoms with E-state index in [0.717, 1.165) is 23.3 Å². The number of methoxy groups -OCH3 is 1. The molecule has 0 saturated heterocycles. The van der Waals surface area contributed by atoms with Crippen molar-refractivity contribution in [2.75, 3.05) is 26.1 Å². The van der Waals surface area contributed by atoms with E-state index in [-0.39, 0.29) is 25.2 Å². The van der Waals surface area contributed by atoms with E-state index < -0.39 is 0 Å². The first kappa shape index (κ1) is 22.8. The number of carbonyl (C=O) groups is 1. The summed E-state index contributed by atoms with van der Waals surface area (Å²) in [6, 6.07) is 7.95. The summed E-state index contributed by atoms with van der Waals surface area (Å²) in [5.74, 6) is 1.21. The van der Waals surface area contributed by atoms with Gasteiger partial charge in [0, 0.05) is 19.3 Å². The van der Waals surface area contributed by atoms with Crippen molar-refractivity contribution >= 4 is 22.7 Å². The predicted octanol–water partition coefficient (Wildman–Crippen LogP) is 3.23. The molecule has 1 atom stereocenters. The van der Waals surface area contributed by atoms with Gasteiger partial charge >= 0.3 is 0 Å². The Morgan fingerprint density at radius 3 is 2.79 bits per heavy atom. The van der Waals surface area contributed by atoms with E-state index in [1.807, 2.05) is 24.3 Å². The third kappa shape index (κ3) is 6.01. The van der Waals surface area contributed by atoms with E-state index in [9.17, 15) is 4.79 Å². The van der Waals surface area contributed by atoms with E-state index in [4.69, 9.17) is 15.2 Å². The molecule has 0 amide bonds. The summed E-state index contributed by atoms with van der Waals surface area (Å²) in [5.41, 5.74) is 7.86. The third-order valence-corrected chi connectivity index (χ3v) is 5.36. The van der Waals surface area contributed by atoms with Crippen molar-refractivity contribution in [3.05, 3.63) is 53.5 Å². The predicted molar refractivity (Wildman–Crippen MR) is 117 cm³/mol. The van der Waals surface area contributed by atoms with Gasteiger partial charge in [-0.05, 0) is 24.5 Å². The highest BCUT2D eigenvalue weighted by atomic mass is 32.2. The minimum absolute atomic E-state index is 0. The average molecular weight is 417 g/mol. The quantitative estimate of drug-likeness (QED) is 0.521. The van der Waals surface area contributed by atoms with Gasteiger partial charge in [-0.3, -0.25) is 9.79 Å². The number of hydrogen-bond acceptors (Lipinski definition) is 8. The van der Waals surface area contributed by atoms with Crippen LogP contribution >= 0.6 is 11.8 Å². The molecule has 7 nitrogen and oxygen atoms in total. The highest BCUT2D eigenvalue weighted by molar-refractivity contribution is 8.13. The first-order valence-electron chi connectivity index (χ1n) is 9.05. The Hall–Kier alpha value is -2.45. The van der Waals surface area contributed by atoms with E-state index in [1.54, 1.807) is 18.9 Å². The van der Waals surface area contributed by atoms with Crippen LogP contribution in [-0.2, 0) is 16.7 Å². The lowest BCUT2D eigenvalue weighted by Crippen LogP contribution is -2.28. The van der Waals surface area contributed by atoms with Gasteiger partial charge < -0.3 is 15.2 Å². The molecule has 0 spiro atoms. The maximum absolute atomic E-state index is 12.6. The first-order chi connectivity index (χ1) is 13.5. The normalized spacial score (nSPS) is 18.5. The van der Waals surface area contributed by atoms with Crippen molar-refractivity contribution in [1.82, 2.24) is 9.97 Å². The molecule has 0 saturated carbocycles. The van der Waals surface area contributed by atoms with Crippen LogP contribution in [-0.4, -0.2) is 47.0 Å². The second kappa shape index (κ2) is 10.4. The number of ketones is 1. The largest absolute Gasteiger partial charge is 0.474 e. The summed E-state index contributed by atoms with van der Waals surface area (Å²) in [7, 11) is 1.60. The van der Waals surface area contributed by atoms with Gasteiger partial charge in [0.1, 0.15) is 12.3 Å². The van der Waals surface area contributed by atoms with Gasteiger partial charge in [-0.1, -0.05) is 43.5 Å². The maximum atomic E-state index is 12.6. The molecule has 0 unspecified atom stereocenters. The molecule has 0 aliphatic carbocycles. The summed E-state index contributed by atoms with van der Waals surface area (Å²) in [5, 5.41) is 0.610. The highest BCUT2D eigenvalue weighted by Gasteiger charge is 2.29. The van der Waals surface area contributed by atoms with Crippen LogP contribution in [0.2, 0.25) is 0 Å². The van der Waals surface area contributed by atoms with Crippen LogP contribution in [0.1, 0.15) is 42.4 Å². The van der Waals surface area contributed by atoms with Crippen molar-refractivity contribution < 1.29 is 14.3 Å².